The van der Waals surface area contributed by atoms with E-state index >= 15 is 0 Å². The van der Waals surface area contributed by atoms with Gasteiger partial charge >= 0.3 is 0 Å². The Morgan fingerprint density at radius 3 is 2.68 bits per heavy atom. The van der Waals surface area contributed by atoms with Gasteiger partial charge in [0.25, 0.3) is 0 Å². The number of aryl methyl sites for hydroxylation is 1. The van der Waals surface area contributed by atoms with Gasteiger partial charge in [-0.05, 0) is 37.5 Å². The lowest BCUT2D eigenvalue weighted by Gasteiger charge is -2.25. The molecule has 1 aliphatic rings. The van der Waals surface area contributed by atoms with Gasteiger partial charge in [-0.1, -0.05) is 25.3 Å². The van der Waals surface area contributed by atoms with Crippen LogP contribution >= 0.6 is 0 Å². The van der Waals surface area contributed by atoms with Gasteiger partial charge in [-0.15, -0.1) is 0 Å². The maximum absolute atomic E-state index is 5.81. The van der Waals surface area contributed by atoms with Crippen LogP contribution in [0.25, 0.3) is 0 Å². The largest absolute Gasteiger partial charge is 0.489 e. The molecular weight excluding hydrogens is 238 g/mol. The molecule has 0 saturated heterocycles. The minimum absolute atomic E-state index is 0.597. The van der Waals surface area contributed by atoms with E-state index in [1.165, 1.54) is 37.7 Å². The molecule has 2 rings (SSSR count). The molecule has 1 aliphatic carbocycles. The second-order valence-corrected chi connectivity index (χ2v) is 5.32. The molecule has 1 aromatic rings. The molecule has 0 spiro atoms. The SMILES string of the molecule is COCCOc1cc(C)ccc1NC1CCCCC1. The van der Waals surface area contributed by atoms with Crippen molar-refractivity contribution >= 4 is 5.69 Å². The molecule has 0 aromatic heterocycles. The molecule has 106 valence electrons. The van der Waals surface area contributed by atoms with Crippen LogP contribution in [-0.2, 0) is 4.74 Å². The van der Waals surface area contributed by atoms with Gasteiger partial charge < -0.3 is 14.8 Å². The molecule has 0 amide bonds. The fourth-order valence-corrected chi connectivity index (χ4v) is 2.57. The number of anilines is 1. The Bertz CT molecular complexity index is 386. The zero-order valence-corrected chi connectivity index (χ0v) is 12.1. The summed E-state index contributed by atoms with van der Waals surface area (Å²) in [6.07, 6.45) is 6.59. The summed E-state index contributed by atoms with van der Waals surface area (Å²) < 4.78 is 10.9. The zero-order valence-electron chi connectivity index (χ0n) is 12.1. The van der Waals surface area contributed by atoms with Gasteiger partial charge in [0.1, 0.15) is 12.4 Å². The second kappa shape index (κ2) is 7.39. The Kier molecular flexibility index (Phi) is 5.52. The molecule has 0 atom stereocenters. The predicted molar refractivity (Wildman–Crippen MR) is 79.0 cm³/mol. The minimum Gasteiger partial charge on any atom is -0.489 e. The van der Waals surface area contributed by atoms with Crippen LogP contribution in [0.3, 0.4) is 0 Å². The van der Waals surface area contributed by atoms with Crippen molar-refractivity contribution in [1.82, 2.24) is 0 Å². The first kappa shape index (κ1) is 14.2. The second-order valence-electron chi connectivity index (χ2n) is 5.32. The highest BCUT2D eigenvalue weighted by Gasteiger charge is 2.15. The quantitative estimate of drug-likeness (QED) is 0.793. The van der Waals surface area contributed by atoms with Gasteiger partial charge in [0.15, 0.2) is 0 Å². The van der Waals surface area contributed by atoms with Crippen LogP contribution in [0.5, 0.6) is 5.75 Å². The van der Waals surface area contributed by atoms with Crippen molar-refractivity contribution in [1.29, 1.82) is 0 Å². The van der Waals surface area contributed by atoms with Gasteiger partial charge in [0, 0.05) is 13.2 Å². The third-order valence-electron chi connectivity index (χ3n) is 3.65. The molecule has 0 heterocycles. The molecular formula is C16H25NO2. The number of methoxy groups -OCH3 is 1. The Balaban J connectivity index is 2.00. The summed E-state index contributed by atoms with van der Waals surface area (Å²) >= 11 is 0. The third-order valence-corrected chi connectivity index (χ3v) is 3.65. The van der Waals surface area contributed by atoms with Crippen LogP contribution in [0.1, 0.15) is 37.7 Å². The van der Waals surface area contributed by atoms with Crippen molar-refractivity contribution in [3.05, 3.63) is 23.8 Å². The molecule has 0 bridgehead atoms. The molecule has 0 radical (unpaired) electrons. The summed E-state index contributed by atoms with van der Waals surface area (Å²) in [5, 5.41) is 3.64. The maximum Gasteiger partial charge on any atom is 0.142 e. The lowest BCUT2D eigenvalue weighted by Crippen LogP contribution is -2.22. The van der Waals surface area contributed by atoms with E-state index in [1.54, 1.807) is 7.11 Å². The average molecular weight is 263 g/mol. The minimum atomic E-state index is 0.597. The number of nitrogens with one attached hydrogen (secondary N) is 1. The van der Waals surface area contributed by atoms with Crippen LogP contribution in [0.15, 0.2) is 18.2 Å². The normalized spacial score (nSPS) is 16.3. The third kappa shape index (κ3) is 4.43. The molecule has 0 unspecified atom stereocenters. The molecule has 0 aliphatic heterocycles. The van der Waals surface area contributed by atoms with Gasteiger partial charge in [0.05, 0.1) is 12.3 Å². The standard InChI is InChI=1S/C16H25NO2/c1-13-8-9-15(16(12-13)19-11-10-18-2)17-14-6-4-3-5-7-14/h8-9,12,14,17H,3-7,10-11H2,1-2H3. The van der Waals surface area contributed by atoms with E-state index in [1.807, 2.05) is 0 Å². The van der Waals surface area contributed by atoms with Crippen LogP contribution in [0.4, 0.5) is 5.69 Å². The molecule has 1 N–H and O–H groups in total. The van der Waals surface area contributed by atoms with Crippen molar-refractivity contribution in [2.75, 3.05) is 25.6 Å². The summed E-state index contributed by atoms with van der Waals surface area (Å²) in [5.41, 5.74) is 2.34. The predicted octanol–water partition coefficient (Wildman–Crippen LogP) is 3.76. The van der Waals surface area contributed by atoms with Crippen LogP contribution in [-0.4, -0.2) is 26.4 Å². The average Bonchev–Trinajstić information content (AvgIpc) is 2.43. The van der Waals surface area contributed by atoms with Gasteiger partial charge in [-0.2, -0.15) is 0 Å². The molecule has 3 heteroatoms. The Labute approximate surface area is 116 Å². The highest BCUT2D eigenvalue weighted by atomic mass is 16.5. The number of benzene rings is 1. The number of rotatable bonds is 6. The van der Waals surface area contributed by atoms with E-state index in [0.717, 1.165) is 11.4 Å². The van der Waals surface area contributed by atoms with E-state index in [0.29, 0.717) is 19.3 Å². The van der Waals surface area contributed by atoms with Crippen molar-refractivity contribution in [2.24, 2.45) is 0 Å². The van der Waals surface area contributed by atoms with Crippen LogP contribution < -0.4 is 10.1 Å². The van der Waals surface area contributed by atoms with Crippen molar-refractivity contribution in [2.45, 2.75) is 45.1 Å². The summed E-state index contributed by atoms with van der Waals surface area (Å²) in [6.45, 7) is 3.31. The molecule has 19 heavy (non-hydrogen) atoms. The maximum atomic E-state index is 5.81. The monoisotopic (exact) mass is 263 g/mol. The van der Waals surface area contributed by atoms with Crippen molar-refractivity contribution in [3.63, 3.8) is 0 Å². The molecule has 3 nitrogen and oxygen atoms in total. The van der Waals surface area contributed by atoms with E-state index in [2.05, 4.69) is 30.4 Å². The van der Waals surface area contributed by atoms with E-state index in [4.69, 9.17) is 9.47 Å². The first-order valence-corrected chi connectivity index (χ1v) is 7.28. The Morgan fingerprint density at radius 1 is 1.16 bits per heavy atom. The van der Waals surface area contributed by atoms with Crippen molar-refractivity contribution < 1.29 is 9.47 Å². The first-order valence-electron chi connectivity index (χ1n) is 7.28. The van der Waals surface area contributed by atoms with Gasteiger partial charge in [-0.3, -0.25) is 0 Å². The van der Waals surface area contributed by atoms with E-state index in [9.17, 15) is 0 Å². The fraction of sp³-hybridized carbons (Fsp3) is 0.625. The zero-order chi connectivity index (χ0) is 13.5. The van der Waals surface area contributed by atoms with Gasteiger partial charge in [-0.25, -0.2) is 0 Å². The van der Waals surface area contributed by atoms with Gasteiger partial charge in [0.2, 0.25) is 0 Å². The Morgan fingerprint density at radius 2 is 1.95 bits per heavy atom. The number of hydrogen-bond donors (Lipinski definition) is 1. The summed E-state index contributed by atoms with van der Waals surface area (Å²) in [6, 6.07) is 6.96. The van der Waals surface area contributed by atoms with E-state index < -0.39 is 0 Å². The fourth-order valence-electron chi connectivity index (χ4n) is 2.57. The summed E-state index contributed by atoms with van der Waals surface area (Å²) in [4.78, 5) is 0. The Hall–Kier alpha value is -1.22. The highest BCUT2D eigenvalue weighted by molar-refractivity contribution is 5.58. The van der Waals surface area contributed by atoms with E-state index in [-0.39, 0.29) is 0 Å². The smallest absolute Gasteiger partial charge is 0.142 e. The van der Waals surface area contributed by atoms with Crippen LogP contribution in [0.2, 0.25) is 0 Å². The summed E-state index contributed by atoms with van der Waals surface area (Å²) in [5.74, 6) is 0.947. The highest BCUT2D eigenvalue weighted by Crippen LogP contribution is 2.29. The first-order chi connectivity index (χ1) is 9.29. The lowest BCUT2D eigenvalue weighted by atomic mass is 9.95. The topological polar surface area (TPSA) is 30.5 Å². The number of ether oxygens (including phenoxy) is 2. The summed E-state index contributed by atoms with van der Waals surface area (Å²) in [7, 11) is 1.70. The molecule has 1 saturated carbocycles. The lowest BCUT2D eigenvalue weighted by molar-refractivity contribution is 0.146. The molecule has 1 aromatic carbocycles. The number of hydrogen-bond acceptors (Lipinski definition) is 3. The van der Waals surface area contributed by atoms with Crippen molar-refractivity contribution in [3.8, 4) is 5.75 Å². The molecule has 1 fully saturated rings. The van der Waals surface area contributed by atoms with Crippen LogP contribution in [0, 0.1) is 6.92 Å².